The topological polar surface area (TPSA) is 20.2 Å². The predicted molar refractivity (Wildman–Crippen MR) is 78.6 cm³/mol. The van der Waals surface area contributed by atoms with Crippen LogP contribution < -0.4 is 0 Å². The zero-order valence-corrected chi connectivity index (χ0v) is 12.0. The van der Waals surface area contributed by atoms with E-state index in [4.69, 9.17) is 0 Å². The van der Waals surface area contributed by atoms with E-state index < -0.39 is 6.10 Å². The van der Waals surface area contributed by atoms with Crippen molar-refractivity contribution in [2.45, 2.75) is 25.9 Å². The summed E-state index contributed by atoms with van der Waals surface area (Å²) in [4.78, 5) is 0. The summed E-state index contributed by atoms with van der Waals surface area (Å²) >= 11 is 3.40. The number of aliphatic hydroxyl groups is 1. The highest BCUT2D eigenvalue weighted by Gasteiger charge is 2.09. The van der Waals surface area contributed by atoms with Crippen LogP contribution in [0.1, 0.15) is 36.1 Å². The largest absolute Gasteiger partial charge is 0.384 e. The Bertz CT molecular complexity index is 488. The maximum absolute atomic E-state index is 10.3. The molecule has 94 valence electrons. The van der Waals surface area contributed by atoms with Gasteiger partial charge in [-0.2, -0.15) is 0 Å². The molecule has 2 heteroatoms. The first-order chi connectivity index (χ1) is 8.70. The van der Waals surface area contributed by atoms with Crippen LogP contribution in [0.2, 0.25) is 0 Å². The molecule has 1 unspecified atom stereocenters. The number of hydrogen-bond acceptors (Lipinski definition) is 1. The fourth-order valence-electron chi connectivity index (χ4n) is 1.99. The average molecular weight is 305 g/mol. The molecule has 2 rings (SSSR count). The Labute approximate surface area is 117 Å². The molecule has 2 aromatic rings. The smallest absolute Gasteiger partial charge is 0.104 e. The van der Waals surface area contributed by atoms with Crippen molar-refractivity contribution in [3.05, 3.63) is 69.7 Å². The third-order valence-electron chi connectivity index (χ3n) is 3.02. The molecule has 0 amide bonds. The van der Waals surface area contributed by atoms with E-state index in [9.17, 15) is 5.11 Å². The third kappa shape index (κ3) is 3.21. The van der Waals surface area contributed by atoms with E-state index in [1.807, 2.05) is 36.4 Å². The number of rotatable bonds is 4. The highest BCUT2D eigenvalue weighted by molar-refractivity contribution is 9.10. The Hall–Kier alpha value is -1.12. The SMILES string of the molecule is CCCc1ccc(C(O)c2ccc(Br)cc2)cc1. The van der Waals surface area contributed by atoms with Crippen LogP contribution >= 0.6 is 15.9 Å². The molecular formula is C16H17BrO. The van der Waals surface area contributed by atoms with Gasteiger partial charge in [0.15, 0.2) is 0 Å². The van der Waals surface area contributed by atoms with Crippen LogP contribution in [0.3, 0.4) is 0 Å². The first-order valence-electron chi connectivity index (χ1n) is 6.23. The van der Waals surface area contributed by atoms with E-state index >= 15 is 0 Å². The minimum absolute atomic E-state index is 0.547. The van der Waals surface area contributed by atoms with Gasteiger partial charge in [0.2, 0.25) is 0 Å². The molecule has 0 bridgehead atoms. The molecule has 0 aliphatic rings. The molecule has 0 heterocycles. The van der Waals surface area contributed by atoms with E-state index in [1.54, 1.807) is 0 Å². The molecule has 0 spiro atoms. The van der Waals surface area contributed by atoms with E-state index in [2.05, 4.69) is 35.0 Å². The van der Waals surface area contributed by atoms with Gasteiger partial charge in [-0.1, -0.05) is 65.7 Å². The van der Waals surface area contributed by atoms with Crippen molar-refractivity contribution >= 4 is 15.9 Å². The number of aryl methyl sites for hydroxylation is 1. The fourth-order valence-corrected chi connectivity index (χ4v) is 2.26. The van der Waals surface area contributed by atoms with Crippen molar-refractivity contribution in [3.63, 3.8) is 0 Å². The molecule has 0 fully saturated rings. The second-order valence-corrected chi connectivity index (χ2v) is 5.36. The second kappa shape index (κ2) is 6.17. The van der Waals surface area contributed by atoms with Crippen LogP contribution in [0.4, 0.5) is 0 Å². The Morgan fingerprint density at radius 2 is 1.44 bits per heavy atom. The highest BCUT2D eigenvalue weighted by Crippen LogP contribution is 2.23. The Morgan fingerprint density at radius 1 is 0.944 bits per heavy atom. The Balaban J connectivity index is 2.17. The van der Waals surface area contributed by atoms with Crippen LogP contribution in [-0.4, -0.2) is 5.11 Å². The van der Waals surface area contributed by atoms with E-state index in [0.717, 1.165) is 28.4 Å². The van der Waals surface area contributed by atoms with Gasteiger partial charge in [0, 0.05) is 4.47 Å². The first-order valence-corrected chi connectivity index (χ1v) is 7.02. The monoisotopic (exact) mass is 304 g/mol. The lowest BCUT2D eigenvalue weighted by Gasteiger charge is -2.12. The molecule has 18 heavy (non-hydrogen) atoms. The van der Waals surface area contributed by atoms with Crippen LogP contribution in [0.15, 0.2) is 53.0 Å². The van der Waals surface area contributed by atoms with Crippen LogP contribution in [0, 0.1) is 0 Å². The summed E-state index contributed by atoms with van der Waals surface area (Å²) in [5.41, 5.74) is 3.18. The van der Waals surface area contributed by atoms with Gasteiger partial charge >= 0.3 is 0 Å². The van der Waals surface area contributed by atoms with Crippen molar-refractivity contribution in [2.75, 3.05) is 0 Å². The number of hydrogen-bond donors (Lipinski definition) is 1. The molecule has 0 aromatic heterocycles. The summed E-state index contributed by atoms with van der Waals surface area (Å²) < 4.78 is 1.02. The summed E-state index contributed by atoms with van der Waals surface area (Å²) in [6.45, 7) is 2.17. The van der Waals surface area contributed by atoms with Crippen molar-refractivity contribution < 1.29 is 5.11 Å². The van der Waals surface area contributed by atoms with Gasteiger partial charge in [-0.3, -0.25) is 0 Å². The van der Waals surface area contributed by atoms with Gasteiger partial charge in [-0.05, 0) is 35.2 Å². The highest BCUT2D eigenvalue weighted by atomic mass is 79.9. The van der Waals surface area contributed by atoms with Crippen molar-refractivity contribution in [1.29, 1.82) is 0 Å². The summed E-state index contributed by atoms with van der Waals surface area (Å²) in [5, 5.41) is 10.3. The minimum Gasteiger partial charge on any atom is -0.384 e. The Kier molecular flexibility index (Phi) is 4.56. The molecule has 1 N–H and O–H groups in total. The molecule has 0 aliphatic heterocycles. The van der Waals surface area contributed by atoms with E-state index in [0.29, 0.717) is 0 Å². The molecule has 1 atom stereocenters. The summed E-state index contributed by atoms with van der Waals surface area (Å²) in [6.07, 6.45) is 1.69. The first kappa shape index (κ1) is 13.3. The lowest BCUT2D eigenvalue weighted by atomic mass is 9.99. The number of halogens is 1. The van der Waals surface area contributed by atoms with E-state index in [1.165, 1.54) is 5.56 Å². The normalized spacial score (nSPS) is 12.4. The molecule has 1 nitrogen and oxygen atoms in total. The van der Waals surface area contributed by atoms with Crippen molar-refractivity contribution in [2.24, 2.45) is 0 Å². The molecule has 2 aromatic carbocycles. The van der Waals surface area contributed by atoms with Crippen LogP contribution in [-0.2, 0) is 6.42 Å². The summed E-state index contributed by atoms with van der Waals surface area (Å²) in [7, 11) is 0. The van der Waals surface area contributed by atoms with Gasteiger partial charge in [0.1, 0.15) is 6.10 Å². The third-order valence-corrected chi connectivity index (χ3v) is 3.55. The van der Waals surface area contributed by atoms with Crippen LogP contribution in [0.5, 0.6) is 0 Å². The second-order valence-electron chi connectivity index (χ2n) is 4.45. The molecule has 0 radical (unpaired) electrons. The van der Waals surface area contributed by atoms with Gasteiger partial charge < -0.3 is 5.11 Å². The Morgan fingerprint density at radius 3 is 1.94 bits per heavy atom. The molecular weight excluding hydrogens is 288 g/mol. The van der Waals surface area contributed by atoms with Crippen LogP contribution in [0.25, 0.3) is 0 Å². The van der Waals surface area contributed by atoms with Gasteiger partial charge in [-0.25, -0.2) is 0 Å². The zero-order chi connectivity index (χ0) is 13.0. The maximum Gasteiger partial charge on any atom is 0.104 e. The lowest BCUT2D eigenvalue weighted by molar-refractivity contribution is 0.220. The van der Waals surface area contributed by atoms with Gasteiger partial charge in [-0.15, -0.1) is 0 Å². The van der Waals surface area contributed by atoms with Gasteiger partial charge in [0.05, 0.1) is 0 Å². The molecule has 0 aliphatic carbocycles. The lowest BCUT2D eigenvalue weighted by Crippen LogP contribution is -1.99. The van der Waals surface area contributed by atoms with Crippen molar-refractivity contribution in [3.8, 4) is 0 Å². The minimum atomic E-state index is -0.547. The standard InChI is InChI=1S/C16H17BrO/c1-2-3-12-4-6-13(7-5-12)16(18)14-8-10-15(17)11-9-14/h4-11,16,18H,2-3H2,1H3. The quantitative estimate of drug-likeness (QED) is 0.883. The van der Waals surface area contributed by atoms with E-state index in [-0.39, 0.29) is 0 Å². The summed E-state index contributed by atoms with van der Waals surface area (Å²) in [6, 6.07) is 16.0. The average Bonchev–Trinajstić information content (AvgIpc) is 2.40. The zero-order valence-electron chi connectivity index (χ0n) is 10.4. The van der Waals surface area contributed by atoms with Crippen molar-refractivity contribution in [1.82, 2.24) is 0 Å². The summed E-state index contributed by atoms with van der Waals surface area (Å²) in [5.74, 6) is 0. The predicted octanol–water partition coefficient (Wildman–Crippen LogP) is 4.48. The molecule has 0 saturated heterocycles. The maximum atomic E-state index is 10.3. The fraction of sp³-hybridized carbons (Fsp3) is 0.250. The van der Waals surface area contributed by atoms with Gasteiger partial charge in [0.25, 0.3) is 0 Å². The number of benzene rings is 2. The number of aliphatic hydroxyl groups excluding tert-OH is 1. The molecule has 0 saturated carbocycles.